The first-order valence-corrected chi connectivity index (χ1v) is 9.49. The third kappa shape index (κ3) is 2.47. The van der Waals surface area contributed by atoms with E-state index in [0.717, 1.165) is 19.3 Å². The zero-order chi connectivity index (χ0) is 19.4. The number of carbonyl (C=O) groups is 3. The van der Waals surface area contributed by atoms with Gasteiger partial charge in [0.15, 0.2) is 0 Å². The Morgan fingerprint density at radius 3 is 2.14 bits per heavy atom. The molecule has 1 saturated heterocycles. The maximum atomic E-state index is 13.7. The van der Waals surface area contributed by atoms with Gasteiger partial charge in [-0.15, -0.1) is 0 Å². The fourth-order valence-electron chi connectivity index (χ4n) is 5.12. The molecule has 2 aromatic rings. The lowest BCUT2D eigenvalue weighted by atomic mass is 9.81. The summed E-state index contributed by atoms with van der Waals surface area (Å²) >= 11 is 0. The molecule has 2 aliphatic carbocycles. The van der Waals surface area contributed by atoms with E-state index in [0.29, 0.717) is 17.5 Å². The van der Waals surface area contributed by atoms with Crippen molar-refractivity contribution in [3.05, 3.63) is 59.9 Å². The average molecular weight is 379 g/mol. The predicted octanol–water partition coefficient (Wildman–Crippen LogP) is 3.58. The van der Waals surface area contributed by atoms with Crippen molar-refractivity contribution in [1.82, 2.24) is 0 Å². The summed E-state index contributed by atoms with van der Waals surface area (Å²) < 4.78 is 18.9. The summed E-state index contributed by atoms with van der Waals surface area (Å²) in [5.41, 5.74) is 0.328. The quantitative estimate of drug-likeness (QED) is 0.465. The summed E-state index contributed by atoms with van der Waals surface area (Å²) in [5, 5.41) is 0. The minimum atomic E-state index is -0.801. The van der Waals surface area contributed by atoms with Crippen molar-refractivity contribution < 1.29 is 23.5 Å². The molecular formula is C22H18FNO4. The van der Waals surface area contributed by atoms with Gasteiger partial charge in [-0.2, -0.15) is 0 Å². The first kappa shape index (κ1) is 17.1. The zero-order valence-electron chi connectivity index (χ0n) is 15.0. The molecule has 0 unspecified atom stereocenters. The Morgan fingerprint density at radius 1 is 0.929 bits per heavy atom. The lowest BCUT2D eigenvalue weighted by Gasteiger charge is -2.19. The Bertz CT molecular complexity index is 958. The monoisotopic (exact) mass is 379 g/mol. The lowest BCUT2D eigenvalue weighted by molar-refractivity contribution is -0.123. The Morgan fingerprint density at radius 2 is 1.54 bits per heavy atom. The second-order valence-electron chi connectivity index (χ2n) is 7.76. The van der Waals surface area contributed by atoms with Gasteiger partial charge in [0.25, 0.3) is 0 Å². The number of anilines is 1. The topological polar surface area (TPSA) is 63.7 Å². The Hall–Kier alpha value is -3.02. The van der Waals surface area contributed by atoms with Crippen LogP contribution in [-0.2, 0) is 9.59 Å². The number of halogens is 1. The molecule has 1 heterocycles. The molecule has 0 radical (unpaired) electrons. The Kier molecular flexibility index (Phi) is 3.82. The van der Waals surface area contributed by atoms with Gasteiger partial charge in [-0.05, 0) is 67.5 Å². The van der Waals surface area contributed by atoms with Gasteiger partial charge >= 0.3 is 5.97 Å². The highest BCUT2D eigenvalue weighted by Gasteiger charge is 2.61. The number of nitrogens with zero attached hydrogens (tertiary/aromatic N) is 1. The number of esters is 1. The van der Waals surface area contributed by atoms with Crippen molar-refractivity contribution in [2.45, 2.75) is 19.3 Å². The van der Waals surface area contributed by atoms with Gasteiger partial charge in [-0.25, -0.2) is 9.18 Å². The molecule has 0 spiro atoms. The van der Waals surface area contributed by atoms with Gasteiger partial charge in [-0.3, -0.25) is 14.5 Å². The fraction of sp³-hybridized carbons (Fsp3) is 0.318. The lowest BCUT2D eigenvalue weighted by Crippen LogP contribution is -2.32. The Labute approximate surface area is 161 Å². The summed E-state index contributed by atoms with van der Waals surface area (Å²) in [6.07, 6.45) is 3.05. The maximum Gasteiger partial charge on any atom is 0.346 e. The van der Waals surface area contributed by atoms with Crippen LogP contribution in [0.15, 0.2) is 48.5 Å². The maximum absolute atomic E-state index is 13.7. The Balaban J connectivity index is 1.35. The number of fused-ring (bicyclic) bond motifs is 5. The van der Waals surface area contributed by atoms with Crippen LogP contribution in [0.2, 0.25) is 0 Å². The second-order valence-corrected chi connectivity index (χ2v) is 7.76. The van der Waals surface area contributed by atoms with E-state index in [1.165, 1.54) is 35.2 Å². The number of hydrogen-bond donors (Lipinski definition) is 0. The molecule has 28 heavy (non-hydrogen) atoms. The van der Waals surface area contributed by atoms with Gasteiger partial charge in [0.2, 0.25) is 11.8 Å². The van der Waals surface area contributed by atoms with E-state index in [1.807, 2.05) is 0 Å². The SMILES string of the molecule is O=C(Oc1ccc(N2C(=O)[C@@H]3[C@H]4CC[C@@H](C4)[C@H]3C2=O)cc1)c1ccccc1F. The van der Waals surface area contributed by atoms with E-state index in [2.05, 4.69) is 0 Å². The molecule has 1 aliphatic heterocycles. The van der Waals surface area contributed by atoms with Crippen molar-refractivity contribution in [3.63, 3.8) is 0 Å². The molecule has 2 bridgehead atoms. The minimum absolute atomic E-state index is 0.113. The molecule has 142 valence electrons. The van der Waals surface area contributed by atoms with Crippen LogP contribution >= 0.6 is 0 Å². The van der Waals surface area contributed by atoms with Crippen LogP contribution in [0, 0.1) is 29.5 Å². The molecule has 0 N–H and O–H groups in total. The molecule has 3 aliphatic rings. The summed E-state index contributed by atoms with van der Waals surface area (Å²) in [6.45, 7) is 0. The van der Waals surface area contributed by atoms with Crippen LogP contribution in [-0.4, -0.2) is 17.8 Å². The van der Waals surface area contributed by atoms with E-state index < -0.39 is 11.8 Å². The summed E-state index contributed by atoms with van der Waals surface area (Å²) in [5.74, 6) is -1.15. The van der Waals surface area contributed by atoms with Crippen LogP contribution in [0.3, 0.4) is 0 Å². The number of imide groups is 1. The number of benzene rings is 2. The molecule has 2 aromatic carbocycles. The molecule has 5 rings (SSSR count). The zero-order valence-corrected chi connectivity index (χ0v) is 15.0. The first-order valence-electron chi connectivity index (χ1n) is 9.49. The normalized spacial score (nSPS) is 28.0. The van der Waals surface area contributed by atoms with E-state index in [1.54, 1.807) is 18.2 Å². The molecule has 5 nitrogen and oxygen atoms in total. The molecular weight excluding hydrogens is 361 g/mol. The third-order valence-corrected chi connectivity index (χ3v) is 6.33. The molecule has 2 saturated carbocycles. The molecule has 4 atom stereocenters. The predicted molar refractivity (Wildman–Crippen MR) is 98.1 cm³/mol. The number of rotatable bonds is 3. The number of ether oxygens (including phenoxy) is 1. The molecule has 6 heteroatoms. The fourth-order valence-corrected chi connectivity index (χ4v) is 5.12. The van der Waals surface area contributed by atoms with Crippen LogP contribution in [0.1, 0.15) is 29.6 Å². The number of carbonyl (C=O) groups excluding carboxylic acids is 3. The van der Waals surface area contributed by atoms with Gasteiger partial charge in [-0.1, -0.05) is 12.1 Å². The summed E-state index contributed by atoms with van der Waals surface area (Å²) in [4.78, 5) is 39.1. The molecule has 0 aromatic heterocycles. The summed E-state index contributed by atoms with van der Waals surface area (Å²) in [7, 11) is 0. The van der Waals surface area contributed by atoms with Gasteiger partial charge in [0.1, 0.15) is 11.6 Å². The highest BCUT2D eigenvalue weighted by Crippen LogP contribution is 2.56. The largest absolute Gasteiger partial charge is 0.423 e. The van der Waals surface area contributed by atoms with Gasteiger partial charge in [0, 0.05) is 0 Å². The number of amides is 2. The molecule has 2 amide bonds. The average Bonchev–Trinajstić information content (AvgIpc) is 3.37. The second kappa shape index (κ2) is 6.26. The third-order valence-electron chi connectivity index (χ3n) is 6.33. The van der Waals surface area contributed by atoms with Crippen LogP contribution in [0.5, 0.6) is 5.75 Å². The van der Waals surface area contributed by atoms with Crippen molar-refractivity contribution in [2.75, 3.05) is 4.90 Å². The summed E-state index contributed by atoms with van der Waals surface area (Å²) in [6, 6.07) is 11.8. The van der Waals surface area contributed by atoms with Crippen LogP contribution in [0.25, 0.3) is 0 Å². The van der Waals surface area contributed by atoms with E-state index >= 15 is 0 Å². The van der Waals surface area contributed by atoms with Gasteiger partial charge < -0.3 is 4.74 Å². The van der Waals surface area contributed by atoms with E-state index in [4.69, 9.17) is 4.74 Å². The van der Waals surface area contributed by atoms with Crippen molar-refractivity contribution in [1.29, 1.82) is 0 Å². The van der Waals surface area contributed by atoms with E-state index in [9.17, 15) is 18.8 Å². The highest BCUT2D eigenvalue weighted by atomic mass is 19.1. The standard InChI is InChI=1S/C22H18FNO4/c23-17-4-2-1-3-16(17)22(27)28-15-9-7-14(8-10-15)24-20(25)18-12-5-6-13(11-12)19(18)21(24)26/h1-4,7-10,12-13,18-19H,5-6,11H2/t12-,13-,18+,19+/m0/s1. The first-order chi connectivity index (χ1) is 13.5. The smallest absolute Gasteiger partial charge is 0.346 e. The minimum Gasteiger partial charge on any atom is -0.423 e. The van der Waals surface area contributed by atoms with Crippen molar-refractivity contribution >= 4 is 23.5 Å². The van der Waals surface area contributed by atoms with Crippen LogP contribution in [0.4, 0.5) is 10.1 Å². The highest BCUT2D eigenvalue weighted by molar-refractivity contribution is 6.22. The van der Waals surface area contributed by atoms with Crippen molar-refractivity contribution in [3.8, 4) is 5.75 Å². The van der Waals surface area contributed by atoms with Crippen molar-refractivity contribution in [2.24, 2.45) is 23.7 Å². The van der Waals surface area contributed by atoms with Gasteiger partial charge in [0.05, 0.1) is 23.1 Å². The number of hydrogen-bond acceptors (Lipinski definition) is 4. The van der Waals surface area contributed by atoms with E-state index in [-0.39, 0.29) is 35.0 Å². The molecule has 3 fully saturated rings. The van der Waals surface area contributed by atoms with Crippen LogP contribution < -0.4 is 9.64 Å².